The van der Waals surface area contributed by atoms with Gasteiger partial charge in [-0.2, -0.15) is 10.2 Å². The lowest BCUT2D eigenvalue weighted by Crippen LogP contribution is -2.48. The zero-order valence-electron chi connectivity index (χ0n) is 18.7. The van der Waals surface area contributed by atoms with E-state index in [1.807, 2.05) is 53.4 Å². The van der Waals surface area contributed by atoms with E-state index in [0.717, 1.165) is 44.0 Å². The number of rotatable bonds is 8. The van der Waals surface area contributed by atoms with Crippen molar-refractivity contribution in [3.8, 4) is 23.2 Å². The highest BCUT2D eigenvalue weighted by Gasteiger charge is 2.21. The number of piperazine rings is 1. The lowest BCUT2D eigenvalue weighted by molar-refractivity contribution is -0.133. The van der Waals surface area contributed by atoms with Crippen molar-refractivity contribution < 1.29 is 14.1 Å². The number of benzene rings is 2. The van der Waals surface area contributed by atoms with Crippen molar-refractivity contribution in [2.75, 3.05) is 33.3 Å². The fraction of sp³-hybridized carbons (Fsp3) is 0.360. The Morgan fingerprint density at radius 2 is 1.82 bits per heavy atom. The monoisotopic (exact) mass is 445 g/mol. The van der Waals surface area contributed by atoms with E-state index in [4.69, 9.17) is 14.5 Å². The number of hydrogen-bond donors (Lipinski definition) is 0. The lowest BCUT2D eigenvalue weighted by atomic mass is 10.1. The summed E-state index contributed by atoms with van der Waals surface area (Å²) in [4.78, 5) is 21.3. The molecular weight excluding hydrogens is 418 g/mol. The maximum atomic E-state index is 12.6. The molecule has 1 aromatic heterocycles. The first-order valence-electron chi connectivity index (χ1n) is 11.1. The second kappa shape index (κ2) is 10.7. The van der Waals surface area contributed by atoms with Gasteiger partial charge in [0, 0.05) is 51.1 Å². The number of nitrogens with zero attached hydrogens (tertiary/aromatic N) is 5. The molecule has 33 heavy (non-hydrogen) atoms. The summed E-state index contributed by atoms with van der Waals surface area (Å²) in [5.74, 6) is 2.03. The van der Waals surface area contributed by atoms with Crippen LogP contribution in [0.1, 0.15) is 29.9 Å². The van der Waals surface area contributed by atoms with Gasteiger partial charge in [0.25, 0.3) is 0 Å². The van der Waals surface area contributed by atoms with Crippen molar-refractivity contribution in [2.45, 2.75) is 25.8 Å². The molecule has 0 N–H and O–H groups in total. The topological polar surface area (TPSA) is 95.5 Å². The first-order chi connectivity index (χ1) is 16.1. The Bertz CT molecular complexity index is 1090. The third kappa shape index (κ3) is 5.96. The molecule has 1 aliphatic heterocycles. The Balaban J connectivity index is 1.18. The van der Waals surface area contributed by atoms with Crippen LogP contribution in [-0.4, -0.2) is 59.1 Å². The molecule has 170 valence electrons. The number of ether oxygens (including phenoxy) is 1. The Labute approximate surface area is 193 Å². The second-order valence-corrected chi connectivity index (χ2v) is 8.06. The molecule has 4 rings (SSSR count). The third-order valence-electron chi connectivity index (χ3n) is 5.81. The zero-order chi connectivity index (χ0) is 23.0. The number of aryl methyl sites for hydroxylation is 1. The molecule has 8 nitrogen and oxygen atoms in total. The van der Waals surface area contributed by atoms with Crippen LogP contribution in [0.2, 0.25) is 0 Å². The number of hydrogen-bond acceptors (Lipinski definition) is 7. The zero-order valence-corrected chi connectivity index (χ0v) is 18.7. The van der Waals surface area contributed by atoms with E-state index in [1.165, 1.54) is 5.56 Å². The van der Waals surface area contributed by atoms with Crippen LogP contribution >= 0.6 is 0 Å². The van der Waals surface area contributed by atoms with Crippen LogP contribution in [-0.2, 0) is 17.8 Å². The maximum absolute atomic E-state index is 12.6. The van der Waals surface area contributed by atoms with Gasteiger partial charge in [0.1, 0.15) is 5.75 Å². The molecular formula is C25H27N5O3. The minimum Gasteiger partial charge on any atom is -0.497 e. The summed E-state index contributed by atoms with van der Waals surface area (Å²) in [6, 6.07) is 17.3. The van der Waals surface area contributed by atoms with Crippen molar-refractivity contribution in [3.63, 3.8) is 0 Å². The van der Waals surface area contributed by atoms with E-state index in [1.54, 1.807) is 7.11 Å². The molecule has 2 aromatic carbocycles. The van der Waals surface area contributed by atoms with Crippen molar-refractivity contribution in [1.29, 1.82) is 5.26 Å². The van der Waals surface area contributed by atoms with Crippen LogP contribution in [0.4, 0.5) is 0 Å². The highest BCUT2D eigenvalue weighted by Crippen LogP contribution is 2.20. The predicted octanol–water partition coefficient (Wildman–Crippen LogP) is 3.28. The molecule has 2 heterocycles. The van der Waals surface area contributed by atoms with E-state index >= 15 is 0 Å². The predicted molar refractivity (Wildman–Crippen MR) is 122 cm³/mol. The standard InChI is InChI=1S/C25H27N5O3/c1-32-22-11-9-21(10-12-22)25-27-23(33-28-25)3-2-4-24(31)30-15-13-29(14-16-30)18-20-7-5-19(17-26)6-8-20/h5-12H,2-4,13-16,18H2,1H3. The molecule has 1 saturated heterocycles. The number of methoxy groups -OCH3 is 1. The molecule has 0 unspecified atom stereocenters. The summed E-state index contributed by atoms with van der Waals surface area (Å²) in [5, 5.41) is 12.9. The average molecular weight is 446 g/mol. The quantitative estimate of drug-likeness (QED) is 0.525. The highest BCUT2D eigenvalue weighted by atomic mass is 16.5. The summed E-state index contributed by atoms with van der Waals surface area (Å²) in [7, 11) is 1.63. The van der Waals surface area contributed by atoms with Gasteiger partial charge in [0.15, 0.2) is 0 Å². The van der Waals surface area contributed by atoms with E-state index in [0.29, 0.717) is 36.5 Å². The highest BCUT2D eigenvalue weighted by molar-refractivity contribution is 5.76. The second-order valence-electron chi connectivity index (χ2n) is 8.06. The smallest absolute Gasteiger partial charge is 0.226 e. The molecule has 0 saturated carbocycles. The largest absolute Gasteiger partial charge is 0.497 e. The van der Waals surface area contributed by atoms with Crippen LogP contribution in [0.25, 0.3) is 11.4 Å². The molecule has 8 heteroatoms. The minimum atomic E-state index is 0.169. The van der Waals surface area contributed by atoms with Crippen molar-refractivity contribution >= 4 is 5.91 Å². The molecule has 1 amide bonds. The van der Waals surface area contributed by atoms with E-state index in [2.05, 4.69) is 21.1 Å². The number of carbonyl (C=O) groups is 1. The molecule has 0 aliphatic carbocycles. The van der Waals surface area contributed by atoms with Crippen LogP contribution in [0, 0.1) is 11.3 Å². The maximum Gasteiger partial charge on any atom is 0.226 e. The van der Waals surface area contributed by atoms with Crippen molar-refractivity contribution in [1.82, 2.24) is 19.9 Å². The van der Waals surface area contributed by atoms with Gasteiger partial charge in [-0.15, -0.1) is 0 Å². The fourth-order valence-electron chi connectivity index (χ4n) is 3.86. The molecule has 0 radical (unpaired) electrons. The van der Waals surface area contributed by atoms with E-state index in [-0.39, 0.29) is 5.91 Å². The first-order valence-corrected chi connectivity index (χ1v) is 11.1. The molecule has 3 aromatic rings. The molecule has 0 bridgehead atoms. The fourth-order valence-corrected chi connectivity index (χ4v) is 3.86. The molecule has 1 aliphatic rings. The summed E-state index contributed by atoms with van der Waals surface area (Å²) in [6.07, 6.45) is 1.72. The van der Waals surface area contributed by atoms with Gasteiger partial charge >= 0.3 is 0 Å². The van der Waals surface area contributed by atoms with Crippen LogP contribution in [0.5, 0.6) is 5.75 Å². The Morgan fingerprint density at radius 1 is 1.09 bits per heavy atom. The summed E-state index contributed by atoms with van der Waals surface area (Å²) >= 11 is 0. The van der Waals surface area contributed by atoms with Crippen molar-refractivity contribution in [3.05, 3.63) is 65.5 Å². The summed E-state index contributed by atoms with van der Waals surface area (Å²) in [6.45, 7) is 4.00. The summed E-state index contributed by atoms with van der Waals surface area (Å²) in [5.41, 5.74) is 2.72. The normalized spacial score (nSPS) is 14.1. The van der Waals surface area contributed by atoms with Gasteiger partial charge in [-0.1, -0.05) is 17.3 Å². The van der Waals surface area contributed by atoms with Crippen LogP contribution < -0.4 is 4.74 Å². The number of carbonyl (C=O) groups excluding carboxylic acids is 1. The first kappa shape index (κ1) is 22.5. The SMILES string of the molecule is COc1ccc(-c2noc(CCCC(=O)N3CCN(Cc4ccc(C#N)cc4)CC3)n2)cc1. The van der Waals surface area contributed by atoms with Gasteiger partial charge in [0.05, 0.1) is 18.7 Å². The molecule has 0 spiro atoms. The number of nitriles is 1. The van der Waals surface area contributed by atoms with Crippen LogP contribution in [0.3, 0.4) is 0 Å². The van der Waals surface area contributed by atoms with E-state index < -0.39 is 0 Å². The Kier molecular flexibility index (Phi) is 7.33. The van der Waals surface area contributed by atoms with Gasteiger partial charge in [-0.3, -0.25) is 9.69 Å². The minimum absolute atomic E-state index is 0.169. The Hall–Kier alpha value is -3.70. The molecule has 0 atom stereocenters. The summed E-state index contributed by atoms with van der Waals surface area (Å²) < 4.78 is 10.5. The van der Waals surface area contributed by atoms with Gasteiger partial charge < -0.3 is 14.2 Å². The van der Waals surface area contributed by atoms with Gasteiger partial charge in [-0.25, -0.2) is 0 Å². The van der Waals surface area contributed by atoms with Crippen LogP contribution in [0.15, 0.2) is 53.1 Å². The Morgan fingerprint density at radius 3 is 2.48 bits per heavy atom. The molecule has 1 fully saturated rings. The van der Waals surface area contributed by atoms with Crippen molar-refractivity contribution in [2.24, 2.45) is 0 Å². The number of amides is 1. The van der Waals surface area contributed by atoms with E-state index in [9.17, 15) is 4.79 Å². The third-order valence-corrected chi connectivity index (χ3v) is 5.81. The number of aromatic nitrogens is 2. The lowest BCUT2D eigenvalue weighted by Gasteiger charge is -2.34. The average Bonchev–Trinajstić information content (AvgIpc) is 3.34. The van der Waals surface area contributed by atoms with Gasteiger partial charge in [0.2, 0.25) is 17.6 Å². The van der Waals surface area contributed by atoms with Gasteiger partial charge in [-0.05, 0) is 48.4 Å².